The molecule has 1 aliphatic heterocycles. The van der Waals surface area contributed by atoms with Crippen molar-refractivity contribution in [2.45, 2.75) is 44.7 Å². The fraction of sp³-hybridized carbons (Fsp3) is 0.375. The summed E-state index contributed by atoms with van der Waals surface area (Å²) in [5.41, 5.74) is -0.787. The quantitative estimate of drug-likeness (QED) is 0.322. The van der Waals surface area contributed by atoms with Crippen molar-refractivity contribution in [3.05, 3.63) is 58.7 Å². The van der Waals surface area contributed by atoms with Gasteiger partial charge in [-0.25, -0.2) is 9.37 Å². The van der Waals surface area contributed by atoms with Crippen LogP contribution >= 0.6 is 0 Å². The van der Waals surface area contributed by atoms with E-state index in [-0.39, 0.29) is 30.4 Å². The molecule has 3 aromatic rings. The fourth-order valence-electron chi connectivity index (χ4n) is 4.17. The van der Waals surface area contributed by atoms with Gasteiger partial charge in [-0.1, -0.05) is 0 Å². The summed E-state index contributed by atoms with van der Waals surface area (Å²) >= 11 is 0. The van der Waals surface area contributed by atoms with Gasteiger partial charge in [-0.2, -0.15) is 13.2 Å². The van der Waals surface area contributed by atoms with E-state index in [1.165, 1.54) is 24.3 Å². The number of esters is 1. The Morgan fingerprint density at radius 2 is 1.94 bits per heavy atom. The Labute approximate surface area is 191 Å². The molecular formula is C24H21F4N3O3. The van der Waals surface area contributed by atoms with E-state index in [9.17, 15) is 27.2 Å². The van der Waals surface area contributed by atoms with Crippen LogP contribution in [0.5, 0.6) is 5.75 Å². The molecule has 34 heavy (non-hydrogen) atoms. The molecule has 1 amide bonds. The molecular weight excluding hydrogens is 454 g/mol. The minimum atomic E-state index is -4.34. The topological polar surface area (TPSA) is 84.1 Å². The van der Waals surface area contributed by atoms with E-state index >= 15 is 0 Å². The molecule has 0 radical (unpaired) electrons. The molecule has 6 nitrogen and oxygen atoms in total. The third-order valence-electron chi connectivity index (χ3n) is 6.73. The molecule has 2 heterocycles. The Balaban J connectivity index is 1.34. The second-order valence-electron chi connectivity index (χ2n) is 9.51. The van der Waals surface area contributed by atoms with E-state index in [0.717, 1.165) is 0 Å². The van der Waals surface area contributed by atoms with Crippen molar-refractivity contribution in [3.8, 4) is 5.75 Å². The van der Waals surface area contributed by atoms with Gasteiger partial charge in [0, 0.05) is 24.1 Å². The van der Waals surface area contributed by atoms with E-state index < -0.39 is 41.2 Å². The van der Waals surface area contributed by atoms with Gasteiger partial charge >= 0.3 is 12.1 Å². The number of amides is 1. The number of imidazole rings is 1. The summed E-state index contributed by atoms with van der Waals surface area (Å²) in [6.45, 7) is 2.87. The number of carbonyl (C=O) groups is 2. The zero-order chi connectivity index (χ0) is 24.5. The van der Waals surface area contributed by atoms with E-state index in [0.29, 0.717) is 28.2 Å². The standard InChI is InChI=1S/C24H21F4N3O3/c1-22(2)14-10-15(25)13(8-18(14)34-21(22)33)9-19-30-16-4-3-12(7-17(16)31-19)20(32)29-11-23(5-6-23)24(26,27)28/h3-4,7-8,10H,5-6,9,11H2,1-2H3,(H,29,32)(H,30,31). The number of ether oxygens (including phenoxy) is 1. The predicted molar refractivity (Wildman–Crippen MR) is 114 cm³/mol. The third-order valence-corrected chi connectivity index (χ3v) is 6.73. The number of H-pyrrole nitrogens is 1. The number of aromatic nitrogens is 2. The van der Waals surface area contributed by atoms with Crippen molar-refractivity contribution in [1.29, 1.82) is 0 Å². The molecule has 0 unspecified atom stereocenters. The van der Waals surface area contributed by atoms with Crippen LogP contribution in [0.2, 0.25) is 0 Å². The number of nitrogens with zero attached hydrogens (tertiary/aromatic N) is 1. The second kappa shape index (κ2) is 7.28. The Kier molecular flexibility index (Phi) is 4.79. The highest BCUT2D eigenvalue weighted by atomic mass is 19.4. The van der Waals surface area contributed by atoms with Crippen LogP contribution in [-0.4, -0.2) is 34.6 Å². The van der Waals surface area contributed by atoms with Crippen LogP contribution in [0.1, 0.15) is 54.0 Å². The maximum atomic E-state index is 14.8. The normalized spacial score (nSPS) is 18.0. The first-order valence-electron chi connectivity index (χ1n) is 10.8. The van der Waals surface area contributed by atoms with Crippen molar-refractivity contribution >= 4 is 22.9 Å². The van der Waals surface area contributed by atoms with E-state index in [1.807, 2.05) is 0 Å². The molecule has 1 saturated carbocycles. The average molecular weight is 475 g/mol. The highest BCUT2D eigenvalue weighted by molar-refractivity contribution is 5.97. The fourth-order valence-corrected chi connectivity index (χ4v) is 4.17. The second-order valence-corrected chi connectivity index (χ2v) is 9.51. The van der Waals surface area contributed by atoms with Gasteiger partial charge in [0.2, 0.25) is 0 Å². The molecule has 2 aliphatic rings. The van der Waals surface area contributed by atoms with E-state index in [2.05, 4.69) is 15.3 Å². The third kappa shape index (κ3) is 3.61. The highest BCUT2D eigenvalue weighted by Gasteiger charge is 2.63. The Morgan fingerprint density at radius 1 is 1.21 bits per heavy atom. The largest absolute Gasteiger partial charge is 0.426 e. The zero-order valence-electron chi connectivity index (χ0n) is 18.4. The molecule has 1 aromatic heterocycles. The van der Waals surface area contributed by atoms with Gasteiger partial charge in [0.1, 0.15) is 17.4 Å². The van der Waals surface area contributed by atoms with E-state index in [4.69, 9.17) is 4.74 Å². The molecule has 0 saturated heterocycles. The smallest absolute Gasteiger partial charge is 0.396 e. The number of alkyl halides is 3. The van der Waals surface area contributed by atoms with Crippen LogP contribution in [0.4, 0.5) is 17.6 Å². The Morgan fingerprint density at radius 3 is 2.62 bits per heavy atom. The molecule has 10 heteroatoms. The molecule has 1 fully saturated rings. The first-order valence-corrected chi connectivity index (χ1v) is 10.8. The first-order chi connectivity index (χ1) is 15.9. The predicted octanol–water partition coefficient (Wildman–Crippen LogP) is 4.56. The van der Waals surface area contributed by atoms with Gasteiger partial charge in [-0.05, 0) is 62.6 Å². The molecule has 1 aliphatic carbocycles. The van der Waals surface area contributed by atoms with E-state index in [1.54, 1.807) is 19.9 Å². The van der Waals surface area contributed by atoms with Crippen LogP contribution in [0.3, 0.4) is 0 Å². The summed E-state index contributed by atoms with van der Waals surface area (Å²) in [6.07, 6.45) is -4.24. The Bertz CT molecular complexity index is 1340. The van der Waals surface area contributed by atoms with Gasteiger partial charge in [0.25, 0.3) is 5.91 Å². The number of hydrogen-bond acceptors (Lipinski definition) is 4. The molecule has 0 atom stereocenters. The van der Waals surface area contributed by atoms with Crippen molar-refractivity contribution < 1.29 is 31.9 Å². The highest BCUT2D eigenvalue weighted by Crippen LogP contribution is 2.57. The molecule has 2 N–H and O–H groups in total. The number of nitrogens with one attached hydrogen (secondary N) is 2. The maximum Gasteiger partial charge on any atom is 0.396 e. The lowest BCUT2D eigenvalue weighted by atomic mass is 9.85. The lowest BCUT2D eigenvalue weighted by Gasteiger charge is -2.19. The minimum Gasteiger partial charge on any atom is -0.426 e. The molecule has 178 valence electrons. The van der Waals surface area contributed by atoms with Crippen LogP contribution in [0.25, 0.3) is 11.0 Å². The zero-order valence-corrected chi connectivity index (χ0v) is 18.4. The Hall–Kier alpha value is -3.43. The van der Waals surface area contributed by atoms with Crippen molar-refractivity contribution in [2.24, 2.45) is 5.41 Å². The molecule has 5 rings (SSSR count). The number of carbonyl (C=O) groups excluding carboxylic acids is 2. The molecule has 0 bridgehead atoms. The molecule has 0 spiro atoms. The van der Waals surface area contributed by atoms with Crippen LogP contribution < -0.4 is 10.1 Å². The van der Waals surface area contributed by atoms with Gasteiger partial charge < -0.3 is 15.0 Å². The number of fused-ring (bicyclic) bond motifs is 2. The number of hydrogen-bond donors (Lipinski definition) is 2. The summed E-state index contributed by atoms with van der Waals surface area (Å²) in [4.78, 5) is 31.9. The van der Waals surface area contributed by atoms with Gasteiger partial charge in [-0.15, -0.1) is 0 Å². The summed E-state index contributed by atoms with van der Waals surface area (Å²) in [5, 5.41) is 2.37. The lowest BCUT2D eigenvalue weighted by molar-refractivity contribution is -0.184. The monoisotopic (exact) mass is 475 g/mol. The van der Waals surface area contributed by atoms with Crippen molar-refractivity contribution in [1.82, 2.24) is 15.3 Å². The summed E-state index contributed by atoms with van der Waals surface area (Å²) in [5.74, 6) is -0.824. The first kappa shape index (κ1) is 22.4. The van der Waals surface area contributed by atoms with Crippen LogP contribution in [-0.2, 0) is 16.6 Å². The van der Waals surface area contributed by atoms with Crippen molar-refractivity contribution in [2.75, 3.05) is 6.54 Å². The SMILES string of the molecule is CC1(C)C(=O)Oc2cc(Cc3nc4cc(C(=O)NCC5(C(F)(F)F)CC5)ccc4[nH]3)c(F)cc21. The number of aromatic amines is 1. The maximum absolute atomic E-state index is 14.8. The minimum absolute atomic E-state index is 0.00842. The average Bonchev–Trinajstić information content (AvgIpc) is 3.41. The summed E-state index contributed by atoms with van der Waals surface area (Å²) in [6, 6.07) is 7.35. The lowest BCUT2D eigenvalue weighted by Crippen LogP contribution is -2.38. The van der Waals surface area contributed by atoms with Crippen LogP contribution in [0.15, 0.2) is 30.3 Å². The summed E-state index contributed by atoms with van der Waals surface area (Å²) < 4.78 is 59.3. The van der Waals surface area contributed by atoms with Gasteiger partial charge in [0.05, 0.1) is 21.9 Å². The number of rotatable bonds is 5. The van der Waals surface area contributed by atoms with Gasteiger partial charge in [0.15, 0.2) is 0 Å². The number of halogens is 4. The van der Waals surface area contributed by atoms with Crippen LogP contribution in [0, 0.1) is 11.2 Å². The number of benzene rings is 2. The van der Waals surface area contributed by atoms with Gasteiger partial charge in [-0.3, -0.25) is 9.59 Å². The van der Waals surface area contributed by atoms with Crippen molar-refractivity contribution in [3.63, 3.8) is 0 Å². The summed E-state index contributed by atoms with van der Waals surface area (Å²) in [7, 11) is 0. The molecule has 2 aromatic carbocycles.